The van der Waals surface area contributed by atoms with Crippen LogP contribution in [0.25, 0.3) is 0 Å². The second-order valence-corrected chi connectivity index (χ2v) is 10.1. The minimum Gasteiger partial charge on any atom is -0.476 e. The lowest BCUT2D eigenvalue weighted by molar-refractivity contribution is -0.127. The lowest BCUT2D eigenvalue weighted by Crippen LogP contribution is -2.50. The zero-order chi connectivity index (χ0) is 22.9. The molecule has 4 rings (SSSR count). The van der Waals surface area contributed by atoms with Crippen LogP contribution in [0.2, 0.25) is 5.02 Å². The first kappa shape index (κ1) is 22.2. The molecule has 6 nitrogen and oxygen atoms in total. The highest BCUT2D eigenvalue weighted by Gasteiger charge is 2.37. The zero-order valence-corrected chi connectivity index (χ0v) is 19.3. The van der Waals surface area contributed by atoms with E-state index >= 15 is 0 Å². The van der Waals surface area contributed by atoms with Gasteiger partial charge in [0.25, 0.3) is 15.9 Å². The summed E-state index contributed by atoms with van der Waals surface area (Å²) in [6, 6.07) is 19.1. The number of carbonyl (C=O) groups is 1. The molecule has 0 bridgehead atoms. The zero-order valence-electron chi connectivity index (χ0n) is 17.7. The van der Waals surface area contributed by atoms with E-state index in [0.717, 1.165) is 16.7 Å². The van der Waals surface area contributed by atoms with E-state index in [1.54, 1.807) is 36.4 Å². The molecule has 1 N–H and O–H groups in total. The van der Waals surface area contributed by atoms with Gasteiger partial charge in [0.2, 0.25) is 0 Å². The van der Waals surface area contributed by atoms with Crippen molar-refractivity contribution in [3.63, 3.8) is 0 Å². The first-order valence-electron chi connectivity index (χ1n) is 10.1. The molecule has 0 spiro atoms. The Labute approximate surface area is 192 Å². The molecule has 1 aliphatic heterocycles. The number of nitrogens with one attached hydrogen (secondary N) is 1. The van der Waals surface area contributed by atoms with Crippen molar-refractivity contribution in [1.82, 2.24) is 5.32 Å². The molecule has 1 aliphatic rings. The number of aryl methyl sites for hydroxylation is 2. The van der Waals surface area contributed by atoms with Crippen LogP contribution < -0.4 is 14.4 Å². The maximum atomic E-state index is 13.4. The average molecular weight is 471 g/mol. The summed E-state index contributed by atoms with van der Waals surface area (Å²) in [5.74, 6) is -0.109. The summed E-state index contributed by atoms with van der Waals surface area (Å²) in [6.07, 6.45) is -1.01. The van der Waals surface area contributed by atoms with Crippen LogP contribution in [0, 0.1) is 13.8 Å². The number of hydrogen-bond donors (Lipinski definition) is 1. The normalized spacial score (nSPS) is 15.6. The molecule has 1 atom stereocenters. The monoisotopic (exact) mass is 470 g/mol. The van der Waals surface area contributed by atoms with E-state index in [2.05, 4.69) is 5.32 Å². The van der Waals surface area contributed by atoms with Gasteiger partial charge in [-0.1, -0.05) is 59.1 Å². The second-order valence-electron chi connectivity index (χ2n) is 7.77. The summed E-state index contributed by atoms with van der Waals surface area (Å²) in [5.41, 5.74) is 3.32. The highest BCUT2D eigenvalue weighted by molar-refractivity contribution is 7.92. The number of sulfonamides is 1. The van der Waals surface area contributed by atoms with Gasteiger partial charge in [0.05, 0.1) is 17.1 Å². The fourth-order valence-electron chi connectivity index (χ4n) is 3.44. The Bertz CT molecular complexity index is 1240. The first-order valence-corrected chi connectivity index (χ1v) is 11.9. The van der Waals surface area contributed by atoms with Gasteiger partial charge in [-0.15, -0.1) is 0 Å². The summed E-state index contributed by atoms with van der Waals surface area (Å²) < 4.78 is 33.9. The number of rotatable bonds is 5. The Kier molecular flexibility index (Phi) is 6.13. The molecule has 0 saturated carbocycles. The van der Waals surface area contributed by atoms with Crippen LogP contribution in [0.5, 0.6) is 5.75 Å². The quantitative estimate of drug-likeness (QED) is 0.605. The SMILES string of the molecule is Cc1ccc(CNC(=O)[C@H]2CN(S(=O)(=O)c3ccc(C)cc3)c3cc(Cl)ccc3O2)cc1. The van der Waals surface area contributed by atoms with Crippen LogP contribution in [-0.2, 0) is 21.4 Å². The van der Waals surface area contributed by atoms with Gasteiger partial charge in [-0.2, -0.15) is 0 Å². The van der Waals surface area contributed by atoms with Crippen LogP contribution >= 0.6 is 11.6 Å². The third kappa shape index (κ3) is 4.59. The number of amides is 1. The minimum absolute atomic E-state index is 0.134. The van der Waals surface area contributed by atoms with Gasteiger partial charge in [-0.25, -0.2) is 8.42 Å². The van der Waals surface area contributed by atoms with Crippen molar-refractivity contribution in [1.29, 1.82) is 0 Å². The van der Waals surface area contributed by atoms with Gasteiger partial charge < -0.3 is 10.1 Å². The van der Waals surface area contributed by atoms with Crippen LogP contribution in [0.3, 0.4) is 0 Å². The van der Waals surface area contributed by atoms with E-state index < -0.39 is 22.0 Å². The van der Waals surface area contributed by atoms with Crippen molar-refractivity contribution in [3.05, 3.63) is 88.4 Å². The first-order chi connectivity index (χ1) is 15.2. The van der Waals surface area contributed by atoms with Crippen LogP contribution in [0.4, 0.5) is 5.69 Å². The number of benzene rings is 3. The summed E-state index contributed by atoms with van der Waals surface area (Å²) in [6.45, 7) is 4.03. The Balaban J connectivity index is 1.61. The number of fused-ring (bicyclic) bond motifs is 1. The van der Waals surface area contributed by atoms with Crippen molar-refractivity contribution < 1.29 is 17.9 Å². The van der Waals surface area contributed by atoms with E-state index in [1.807, 2.05) is 38.1 Å². The van der Waals surface area contributed by atoms with Crippen molar-refractivity contribution in [3.8, 4) is 5.75 Å². The fourth-order valence-corrected chi connectivity index (χ4v) is 5.07. The molecule has 166 valence electrons. The summed E-state index contributed by atoms with van der Waals surface area (Å²) in [5, 5.41) is 3.21. The Morgan fingerprint density at radius 2 is 1.66 bits per heavy atom. The molecule has 0 unspecified atom stereocenters. The lowest BCUT2D eigenvalue weighted by Gasteiger charge is -2.35. The van der Waals surface area contributed by atoms with E-state index in [-0.39, 0.29) is 17.2 Å². The third-order valence-electron chi connectivity index (χ3n) is 5.28. The van der Waals surface area contributed by atoms with E-state index in [0.29, 0.717) is 17.3 Å². The largest absolute Gasteiger partial charge is 0.476 e. The molecule has 3 aromatic carbocycles. The Morgan fingerprint density at radius 3 is 2.31 bits per heavy atom. The molecule has 0 aromatic heterocycles. The minimum atomic E-state index is -3.93. The van der Waals surface area contributed by atoms with Crippen LogP contribution in [-0.4, -0.2) is 27.0 Å². The molecule has 0 fully saturated rings. The van der Waals surface area contributed by atoms with Crippen LogP contribution in [0.1, 0.15) is 16.7 Å². The van der Waals surface area contributed by atoms with Gasteiger partial charge in [0, 0.05) is 11.6 Å². The molecule has 0 saturated heterocycles. The van der Waals surface area contributed by atoms with Gasteiger partial charge in [0.1, 0.15) is 5.75 Å². The standard InChI is InChI=1S/C24H23ClN2O4S/c1-16-3-7-18(8-4-16)14-26-24(28)23-15-27(21-13-19(25)9-12-22(21)31-23)32(29,30)20-10-5-17(2)6-11-20/h3-13,23H,14-15H2,1-2H3,(H,26,28)/t23-/m1/s1. The number of ether oxygens (including phenoxy) is 1. The predicted octanol–water partition coefficient (Wildman–Crippen LogP) is 4.23. The Hall–Kier alpha value is -3.03. The van der Waals surface area contributed by atoms with Gasteiger partial charge >= 0.3 is 0 Å². The van der Waals surface area contributed by atoms with E-state index in [9.17, 15) is 13.2 Å². The topological polar surface area (TPSA) is 75.7 Å². The van der Waals surface area contributed by atoms with E-state index in [4.69, 9.17) is 16.3 Å². The summed E-state index contributed by atoms with van der Waals surface area (Å²) >= 11 is 6.13. The van der Waals surface area contributed by atoms with Gasteiger partial charge in [-0.3, -0.25) is 9.10 Å². The lowest BCUT2D eigenvalue weighted by atomic mass is 10.1. The van der Waals surface area contributed by atoms with Crippen molar-refractivity contribution in [2.24, 2.45) is 0 Å². The average Bonchev–Trinajstić information content (AvgIpc) is 2.78. The van der Waals surface area contributed by atoms with Crippen LogP contribution in [0.15, 0.2) is 71.6 Å². The highest BCUT2D eigenvalue weighted by Crippen LogP contribution is 2.38. The summed E-state index contributed by atoms with van der Waals surface area (Å²) in [7, 11) is -3.93. The second kappa shape index (κ2) is 8.84. The molecule has 1 heterocycles. The molecule has 3 aromatic rings. The van der Waals surface area contributed by atoms with Gasteiger partial charge in [0.15, 0.2) is 6.10 Å². The molecule has 32 heavy (non-hydrogen) atoms. The molecular weight excluding hydrogens is 448 g/mol. The molecule has 1 amide bonds. The number of hydrogen-bond acceptors (Lipinski definition) is 4. The highest BCUT2D eigenvalue weighted by atomic mass is 35.5. The van der Waals surface area contributed by atoms with E-state index in [1.165, 1.54) is 10.4 Å². The number of nitrogens with zero attached hydrogens (tertiary/aromatic N) is 1. The predicted molar refractivity (Wildman–Crippen MR) is 125 cm³/mol. The smallest absolute Gasteiger partial charge is 0.264 e. The Morgan fingerprint density at radius 1 is 1.03 bits per heavy atom. The van der Waals surface area contributed by atoms with Crippen molar-refractivity contribution >= 4 is 33.2 Å². The molecule has 0 radical (unpaired) electrons. The molecular formula is C24H23ClN2O4S. The summed E-state index contributed by atoms with van der Waals surface area (Å²) in [4.78, 5) is 13.0. The number of halogens is 1. The van der Waals surface area contributed by atoms with Gasteiger partial charge in [-0.05, 0) is 49.7 Å². The number of carbonyl (C=O) groups excluding carboxylic acids is 1. The van der Waals surface area contributed by atoms with Crippen molar-refractivity contribution in [2.75, 3.05) is 10.8 Å². The third-order valence-corrected chi connectivity index (χ3v) is 7.31. The number of anilines is 1. The maximum absolute atomic E-state index is 13.4. The molecule has 0 aliphatic carbocycles. The maximum Gasteiger partial charge on any atom is 0.264 e. The molecule has 8 heteroatoms. The fraction of sp³-hybridized carbons (Fsp3) is 0.208. The van der Waals surface area contributed by atoms with Crippen molar-refractivity contribution in [2.45, 2.75) is 31.4 Å².